The summed E-state index contributed by atoms with van der Waals surface area (Å²) in [6.07, 6.45) is 9.63. The van der Waals surface area contributed by atoms with Gasteiger partial charge < -0.3 is 9.72 Å². The Morgan fingerprint density at radius 2 is 2.00 bits per heavy atom. The van der Waals surface area contributed by atoms with Crippen molar-refractivity contribution in [1.29, 1.82) is 0 Å². The lowest BCUT2D eigenvalue weighted by atomic mass is 9.98. The van der Waals surface area contributed by atoms with E-state index in [0.717, 1.165) is 24.3 Å². The number of pyridine rings is 1. The quantitative estimate of drug-likeness (QED) is 0.939. The first kappa shape index (κ1) is 13.3. The van der Waals surface area contributed by atoms with E-state index in [-0.39, 0.29) is 0 Å². The summed E-state index contributed by atoms with van der Waals surface area (Å²) in [4.78, 5) is 7.25. The van der Waals surface area contributed by atoms with E-state index in [1.54, 1.807) is 0 Å². The Hall–Kier alpha value is -1.39. The predicted molar refractivity (Wildman–Crippen MR) is 84.4 cm³/mol. The van der Waals surface area contributed by atoms with Gasteiger partial charge in [-0.3, -0.25) is 4.90 Å². The van der Waals surface area contributed by atoms with Crippen molar-refractivity contribution < 1.29 is 0 Å². The number of imidazole rings is 1. The molecule has 21 heavy (non-hydrogen) atoms. The molecule has 112 valence electrons. The van der Waals surface area contributed by atoms with E-state index in [9.17, 15) is 0 Å². The Morgan fingerprint density at radius 3 is 2.76 bits per heavy atom. The average molecular weight is 284 g/mol. The highest BCUT2D eigenvalue weighted by Crippen LogP contribution is 2.29. The van der Waals surface area contributed by atoms with Gasteiger partial charge in [0, 0.05) is 37.1 Å². The molecule has 2 aromatic rings. The van der Waals surface area contributed by atoms with Crippen molar-refractivity contribution in [2.24, 2.45) is 0 Å². The Balaban J connectivity index is 1.48. The molecule has 0 saturated carbocycles. The van der Waals surface area contributed by atoms with E-state index >= 15 is 0 Å². The number of nitrogens with zero attached hydrogens (tertiary/aromatic N) is 3. The van der Waals surface area contributed by atoms with Gasteiger partial charge in [0.05, 0.1) is 5.69 Å². The first-order valence-corrected chi connectivity index (χ1v) is 8.08. The van der Waals surface area contributed by atoms with E-state index in [1.807, 2.05) is 0 Å². The highest BCUT2D eigenvalue weighted by Gasteiger charge is 2.35. The van der Waals surface area contributed by atoms with Gasteiger partial charge in [0.15, 0.2) is 0 Å². The lowest BCUT2D eigenvalue weighted by Crippen LogP contribution is -2.46. The number of hydrogen-bond donors (Lipinski definition) is 1. The molecule has 2 unspecified atom stereocenters. The van der Waals surface area contributed by atoms with Gasteiger partial charge >= 0.3 is 0 Å². The van der Waals surface area contributed by atoms with Gasteiger partial charge in [0.2, 0.25) is 0 Å². The third kappa shape index (κ3) is 2.58. The minimum atomic E-state index is 0.704. The van der Waals surface area contributed by atoms with Crippen LogP contribution in [0.5, 0.6) is 0 Å². The van der Waals surface area contributed by atoms with Crippen LogP contribution in [0.2, 0.25) is 0 Å². The summed E-state index contributed by atoms with van der Waals surface area (Å²) in [5, 5.41) is 3.72. The summed E-state index contributed by atoms with van der Waals surface area (Å²) < 4.78 is 2.14. The van der Waals surface area contributed by atoms with Crippen LogP contribution in [-0.2, 0) is 6.54 Å². The Morgan fingerprint density at radius 1 is 1.24 bits per heavy atom. The molecule has 0 aliphatic carbocycles. The number of aryl methyl sites for hydroxylation is 1. The van der Waals surface area contributed by atoms with Crippen molar-refractivity contribution in [2.45, 2.75) is 57.3 Å². The Bertz CT molecular complexity index is 635. The van der Waals surface area contributed by atoms with Crippen LogP contribution < -0.4 is 5.32 Å². The lowest BCUT2D eigenvalue weighted by Gasteiger charge is -2.35. The van der Waals surface area contributed by atoms with Crippen molar-refractivity contribution in [1.82, 2.24) is 19.6 Å². The molecular formula is C17H24N4. The van der Waals surface area contributed by atoms with E-state index in [1.165, 1.54) is 36.9 Å². The number of hydrogen-bond acceptors (Lipinski definition) is 3. The van der Waals surface area contributed by atoms with Gasteiger partial charge in [-0.2, -0.15) is 0 Å². The van der Waals surface area contributed by atoms with Crippen LogP contribution in [-0.4, -0.2) is 39.5 Å². The van der Waals surface area contributed by atoms with Crippen LogP contribution in [0.1, 0.15) is 36.9 Å². The average Bonchev–Trinajstić information content (AvgIpc) is 3.00. The van der Waals surface area contributed by atoms with Crippen LogP contribution in [0, 0.1) is 6.92 Å². The van der Waals surface area contributed by atoms with Crippen LogP contribution in [0.4, 0.5) is 0 Å². The molecule has 2 aliphatic rings. The maximum Gasteiger partial charge on any atom is 0.137 e. The van der Waals surface area contributed by atoms with Gasteiger partial charge in [-0.05, 0) is 51.3 Å². The smallest absolute Gasteiger partial charge is 0.137 e. The molecule has 2 bridgehead atoms. The normalized spacial score (nSPS) is 28.6. The highest BCUT2D eigenvalue weighted by atomic mass is 15.2. The largest absolute Gasteiger partial charge is 0.311 e. The second kappa shape index (κ2) is 5.11. The number of piperidine rings is 1. The Labute approximate surface area is 126 Å². The summed E-state index contributed by atoms with van der Waals surface area (Å²) >= 11 is 0. The molecule has 4 nitrogen and oxygen atoms in total. The number of rotatable bonds is 3. The standard InChI is InChI=1S/C17H24N4/c1-12-3-6-17-19-15(11-21(17)9-12)10-20(2)16-7-13-4-5-14(8-16)18-13/h3,6,9,11,13-14,16,18H,4-5,7-8,10H2,1-2H3. The molecule has 2 aromatic heterocycles. The molecule has 2 fully saturated rings. The first-order valence-electron chi connectivity index (χ1n) is 8.08. The number of fused-ring (bicyclic) bond motifs is 3. The van der Waals surface area contributed by atoms with Crippen molar-refractivity contribution >= 4 is 5.65 Å². The van der Waals surface area contributed by atoms with Gasteiger partial charge in [-0.1, -0.05) is 6.07 Å². The minimum absolute atomic E-state index is 0.704. The third-order valence-corrected chi connectivity index (χ3v) is 5.13. The molecule has 2 atom stereocenters. The summed E-state index contributed by atoms with van der Waals surface area (Å²) in [6, 6.07) is 6.43. The molecule has 0 aromatic carbocycles. The molecule has 0 spiro atoms. The number of nitrogens with one attached hydrogen (secondary N) is 1. The Kier molecular flexibility index (Phi) is 3.23. The third-order valence-electron chi connectivity index (χ3n) is 5.13. The first-order chi connectivity index (χ1) is 10.2. The SMILES string of the molecule is Cc1ccc2nc(CN(C)C3CC4CCC(C3)N4)cn2c1. The van der Waals surface area contributed by atoms with Gasteiger partial charge in [-0.15, -0.1) is 0 Å². The van der Waals surface area contributed by atoms with Crippen LogP contribution in [0.25, 0.3) is 5.65 Å². The lowest BCUT2D eigenvalue weighted by molar-refractivity contribution is 0.164. The van der Waals surface area contributed by atoms with E-state index in [4.69, 9.17) is 4.98 Å². The maximum absolute atomic E-state index is 4.75. The summed E-state index contributed by atoms with van der Waals surface area (Å²) in [5.74, 6) is 0. The minimum Gasteiger partial charge on any atom is -0.311 e. The fourth-order valence-corrected chi connectivity index (χ4v) is 4.00. The zero-order valence-electron chi connectivity index (χ0n) is 12.9. The van der Waals surface area contributed by atoms with Gasteiger partial charge in [0.25, 0.3) is 0 Å². The van der Waals surface area contributed by atoms with Gasteiger partial charge in [-0.25, -0.2) is 4.98 Å². The fraction of sp³-hybridized carbons (Fsp3) is 0.588. The summed E-state index contributed by atoms with van der Waals surface area (Å²) in [6.45, 7) is 3.07. The molecule has 2 aliphatic heterocycles. The van der Waals surface area contributed by atoms with E-state index in [0.29, 0.717) is 6.04 Å². The fourth-order valence-electron chi connectivity index (χ4n) is 4.00. The molecular weight excluding hydrogens is 260 g/mol. The molecule has 4 rings (SSSR count). The topological polar surface area (TPSA) is 32.6 Å². The van der Waals surface area contributed by atoms with Crippen molar-refractivity contribution in [3.05, 3.63) is 35.8 Å². The van der Waals surface area contributed by atoms with Crippen molar-refractivity contribution in [3.63, 3.8) is 0 Å². The molecule has 1 N–H and O–H groups in total. The molecule has 2 saturated heterocycles. The van der Waals surface area contributed by atoms with Crippen LogP contribution in [0.15, 0.2) is 24.5 Å². The van der Waals surface area contributed by atoms with E-state index < -0.39 is 0 Å². The molecule has 0 radical (unpaired) electrons. The predicted octanol–water partition coefficient (Wildman–Crippen LogP) is 2.36. The van der Waals surface area contributed by atoms with Crippen molar-refractivity contribution in [2.75, 3.05) is 7.05 Å². The van der Waals surface area contributed by atoms with E-state index in [2.05, 4.69) is 53.1 Å². The molecule has 0 amide bonds. The van der Waals surface area contributed by atoms with Crippen LogP contribution >= 0.6 is 0 Å². The highest BCUT2D eigenvalue weighted by molar-refractivity contribution is 5.41. The zero-order valence-corrected chi connectivity index (χ0v) is 12.9. The monoisotopic (exact) mass is 284 g/mol. The van der Waals surface area contributed by atoms with Crippen molar-refractivity contribution in [3.8, 4) is 0 Å². The maximum atomic E-state index is 4.75. The number of aromatic nitrogens is 2. The second-order valence-corrected chi connectivity index (χ2v) is 6.88. The second-order valence-electron chi connectivity index (χ2n) is 6.88. The molecule has 4 heteroatoms. The van der Waals surface area contributed by atoms with Gasteiger partial charge in [0.1, 0.15) is 5.65 Å². The zero-order chi connectivity index (χ0) is 14.4. The summed E-state index contributed by atoms with van der Waals surface area (Å²) in [7, 11) is 2.25. The molecule has 4 heterocycles. The van der Waals surface area contributed by atoms with Crippen LogP contribution in [0.3, 0.4) is 0 Å². The summed E-state index contributed by atoms with van der Waals surface area (Å²) in [5.41, 5.74) is 3.50.